The first-order chi connectivity index (χ1) is 11.8. The highest BCUT2D eigenvalue weighted by atomic mass is 32.1. The number of anilines is 1. The number of hydrogen-bond acceptors (Lipinski definition) is 5. The summed E-state index contributed by atoms with van der Waals surface area (Å²) in [7, 11) is 0. The van der Waals surface area contributed by atoms with Gasteiger partial charge in [-0.1, -0.05) is 39.0 Å². The Morgan fingerprint density at radius 3 is 2.56 bits per heavy atom. The molecule has 3 rings (SSSR count). The molecule has 2 heterocycles. The Morgan fingerprint density at radius 2 is 1.96 bits per heavy atom. The van der Waals surface area contributed by atoms with Gasteiger partial charge in [-0.2, -0.15) is 9.67 Å². The summed E-state index contributed by atoms with van der Waals surface area (Å²) in [5.41, 5.74) is 0.295. The Hall–Kier alpha value is -2.54. The van der Waals surface area contributed by atoms with Crippen molar-refractivity contribution in [3.63, 3.8) is 0 Å². The molecule has 0 atom stereocenters. The van der Waals surface area contributed by atoms with E-state index < -0.39 is 5.41 Å². The van der Waals surface area contributed by atoms with Crippen LogP contribution in [0.5, 0.6) is 0 Å². The van der Waals surface area contributed by atoms with Crippen LogP contribution in [-0.2, 0) is 6.54 Å². The fraction of sp³-hybridized carbons (Fsp3) is 0.278. The van der Waals surface area contributed by atoms with Crippen LogP contribution in [0.2, 0.25) is 0 Å². The van der Waals surface area contributed by atoms with Crippen molar-refractivity contribution in [2.24, 2.45) is 5.41 Å². The summed E-state index contributed by atoms with van der Waals surface area (Å²) in [5.74, 6) is 0.459. The van der Waals surface area contributed by atoms with E-state index in [1.807, 2.05) is 38.3 Å². The molecule has 3 aromatic rings. The number of rotatable bonds is 4. The molecule has 2 aromatic heterocycles. The highest BCUT2D eigenvalue weighted by molar-refractivity contribution is 7.13. The largest absolute Gasteiger partial charge is 0.350 e. The van der Waals surface area contributed by atoms with Crippen molar-refractivity contribution in [3.05, 3.63) is 53.2 Å². The lowest BCUT2D eigenvalue weighted by Gasteiger charge is -2.17. The van der Waals surface area contributed by atoms with E-state index in [9.17, 15) is 9.18 Å². The fourth-order valence-corrected chi connectivity index (χ4v) is 2.83. The number of carbonyl (C=O) groups excluding carboxylic acids is 1. The van der Waals surface area contributed by atoms with Gasteiger partial charge in [-0.15, -0.1) is 16.4 Å². The number of nitrogens with zero attached hydrogens (tertiary/aromatic N) is 3. The van der Waals surface area contributed by atoms with Crippen LogP contribution in [0.15, 0.2) is 41.8 Å². The Morgan fingerprint density at radius 1 is 1.24 bits per heavy atom. The minimum Gasteiger partial charge on any atom is -0.350 e. The van der Waals surface area contributed by atoms with Gasteiger partial charge in [-0.05, 0) is 29.1 Å². The van der Waals surface area contributed by atoms with Gasteiger partial charge in [0.25, 0.3) is 5.91 Å². The van der Waals surface area contributed by atoms with Gasteiger partial charge in [-0.25, -0.2) is 4.39 Å². The molecule has 1 aromatic carbocycles. The summed E-state index contributed by atoms with van der Waals surface area (Å²) in [6.45, 7) is 5.93. The van der Waals surface area contributed by atoms with Crippen molar-refractivity contribution >= 4 is 23.2 Å². The lowest BCUT2D eigenvalue weighted by atomic mass is 9.96. The first kappa shape index (κ1) is 17.3. The average molecular weight is 358 g/mol. The first-order valence-electron chi connectivity index (χ1n) is 7.88. The van der Waals surface area contributed by atoms with E-state index in [1.165, 1.54) is 28.2 Å². The van der Waals surface area contributed by atoms with E-state index in [2.05, 4.69) is 15.4 Å². The van der Waals surface area contributed by atoms with Crippen LogP contribution in [-0.4, -0.2) is 20.7 Å². The second-order valence-electron chi connectivity index (χ2n) is 6.68. The summed E-state index contributed by atoms with van der Waals surface area (Å²) in [5, 5.41) is 9.46. The third kappa shape index (κ3) is 3.93. The number of aromatic nitrogens is 3. The van der Waals surface area contributed by atoms with E-state index in [1.54, 1.807) is 12.1 Å². The number of thiophene rings is 1. The predicted molar refractivity (Wildman–Crippen MR) is 97.1 cm³/mol. The SMILES string of the molecule is CC(C)(C)C(=O)n1nc(-c2cccs2)nc1NCc1ccc(F)cc1. The average Bonchev–Trinajstić information content (AvgIpc) is 3.22. The molecule has 130 valence electrons. The van der Waals surface area contributed by atoms with Gasteiger partial charge in [0.2, 0.25) is 5.95 Å². The van der Waals surface area contributed by atoms with Crippen LogP contribution >= 0.6 is 11.3 Å². The van der Waals surface area contributed by atoms with Crippen LogP contribution in [0.25, 0.3) is 10.7 Å². The summed E-state index contributed by atoms with van der Waals surface area (Å²) < 4.78 is 14.3. The molecular weight excluding hydrogens is 339 g/mol. The van der Waals surface area contributed by atoms with Gasteiger partial charge in [0.1, 0.15) is 5.82 Å². The van der Waals surface area contributed by atoms with E-state index in [4.69, 9.17) is 0 Å². The minimum absolute atomic E-state index is 0.149. The molecule has 0 spiro atoms. The molecule has 5 nitrogen and oxygen atoms in total. The highest BCUT2D eigenvalue weighted by Crippen LogP contribution is 2.25. The summed E-state index contributed by atoms with van der Waals surface area (Å²) >= 11 is 1.51. The Bertz CT molecular complexity index is 864. The molecule has 1 N–H and O–H groups in total. The van der Waals surface area contributed by atoms with E-state index in [0.717, 1.165) is 10.4 Å². The van der Waals surface area contributed by atoms with Crippen molar-refractivity contribution in [2.75, 3.05) is 5.32 Å². The smallest absolute Gasteiger partial charge is 0.255 e. The van der Waals surface area contributed by atoms with E-state index in [-0.39, 0.29) is 11.7 Å². The maximum atomic E-state index is 13.0. The van der Waals surface area contributed by atoms with E-state index in [0.29, 0.717) is 18.3 Å². The summed E-state index contributed by atoms with van der Waals surface area (Å²) in [4.78, 5) is 18.1. The van der Waals surface area contributed by atoms with Gasteiger partial charge in [-0.3, -0.25) is 4.79 Å². The first-order valence-corrected chi connectivity index (χ1v) is 8.76. The van der Waals surface area contributed by atoms with Crippen LogP contribution in [0.4, 0.5) is 10.3 Å². The molecule has 0 aliphatic rings. The third-order valence-corrected chi connectivity index (χ3v) is 4.41. The lowest BCUT2D eigenvalue weighted by molar-refractivity contribution is 0.0752. The van der Waals surface area contributed by atoms with Gasteiger partial charge < -0.3 is 5.32 Å². The number of benzene rings is 1. The van der Waals surface area contributed by atoms with Gasteiger partial charge in [0, 0.05) is 12.0 Å². The number of halogens is 1. The number of carbonyl (C=O) groups is 1. The van der Waals surface area contributed by atoms with Gasteiger partial charge >= 0.3 is 0 Å². The summed E-state index contributed by atoms with van der Waals surface area (Å²) in [6, 6.07) is 10.0. The molecule has 0 radical (unpaired) electrons. The molecule has 0 aliphatic heterocycles. The normalized spacial score (nSPS) is 11.5. The Kier molecular flexibility index (Phi) is 4.67. The molecule has 0 amide bonds. The van der Waals surface area contributed by atoms with Crippen molar-refractivity contribution in [1.29, 1.82) is 0 Å². The molecule has 0 fully saturated rings. The molecule has 0 saturated carbocycles. The maximum Gasteiger partial charge on any atom is 0.255 e. The van der Waals surface area contributed by atoms with E-state index >= 15 is 0 Å². The molecule has 25 heavy (non-hydrogen) atoms. The molecular formula is C18H19FN4OS. The quantitative estimate of drug-likeness (QED) is 0.749. The number of nitrogens with one attached hydrogen (secondary N) is 1. The summed E-state index contributed by atoms with van der Waals surface area (Å²) in [6.07, 6.45) is 0. The maximum absolute atomic E-state index is 13.0. The molecule has 0 aliphatic carbocycles. The Balaban J connectivity index is 1.90. The second kappa shape index (κ2) is 6.76. The number of hydrogen-bond donors (Lipinski definition) is 1. The highest BCUT2D eigenvalue weighted by Gasteiger charge is 2.27. The fourth-order valence-electron chi connectivity index (χ4n) is 2.18. The predicted octanol–water partition coefficient (Wildman–Crippen LogP) is 4.44. The van der Waals surface area contributed by atoms with Crippen LogP contribution in [0.3, 0.4) is 0 Å². The lowest BCUT2D eigenvalue weighted by Crippen LogP contribution is -2.29. The third-order valence-electron chi connectivity index (χ3n) is 3.55. The van der Waals surface area contributed by atoms with Crippen molar-refractivity contribution in [3.8, 4) is 10.7 Å². The minimum atomic E-state index is -0.591. The van der Waals surface area contributed by atoms with Crippen molar-refractivity contribution in [1.82, 2.24) is 14.8 Å². The van der Waals surface area contributed by atoms with Crippen molar-refractivity contribution < 1.29 is 9.18 Å². The van der Waals surface area contributed by atoms with Crippen LogP contribution in [0.1, 0.15) is 31.1 Å². The molecule has 0 saturated heterocycles. The molecule has 0 bridgehead atoms. The van der Waals surface area contributed by atoms with Gasteiger partial charge in [0.15, 0.2) is 5.82 Å². The standard InChI is InChI=1S/C18H19FN4OS/c1-18(2,3)16(24)23-17(20-11-12-6-8-13(19)9-7-12)21-15(22-23)14-5-4-10-25-14/h4-10H,11H2,1-3H3,(H,20,21,22). The zero-order valence-electron chi connectivity index (χ0n) is 14.3. The van der Waals surface area contributed by atoms with Gasteiger partial charge in [0.05, 0.1) is 4.88 Å². The van der Waals surface area contributed by atoms with Crippen molar-refractivity contribution in [2.45, 2.75) is 27.3 Å². The topological polar surface area (TPSA) is 59.8 Å². The monoisotopic (exact) mass is 358 g/mol. The molecule has 0 unspecified atom stereocenters. The van der Waals surface area contributed by atoms with Crippen LogP contribution in [0, 0.1) is 11.2 Å². The Labute approximate surface area is 149 Å². The molecule has 7 heteroatoms. The second-order valence-corrected chi connectivity index (χ2v) is 7.63. The van der Waals surface area contributed by atoms with Crippen LogP contribution < -0.4 is 5.32 Å². The zero-order valence-corrected chi connectivity index (χ0v) is 15.1. The zero-order chi connectivity index (χ0) is 18.0.